The van der Waals surface area contributed by atoms with Crippen LogP contribution in [0.5, 0.6) is 0 Å². The summed E-state index contributed by atoms with van der Waals surface area (Å²) in [6.07, 6.45) is -3.44. The molecule has 0 bridgehead atoms. The maximum Gasteiger partial charge on any atom is 0.416 e. The number of nitrogens with one attached hydrogen (secondary N) is 1. The fourth-order valence-corrected chi connectivity index (χ4v) is 1.89. The van der Waals surface area contributed by atoms with Crippen LogP contribution in [0.3, 0.4) is 0 Å². The smallest absolute Gasteiger partial charge is 0.355 e. The van der Waals surface area contributed by atoms with Gasteiger partial charge in [0.1, 0.15) is 0 Å². The second-order valence-corrected chi connectivity index (χ2v) is 5.63. The molecule has 3 N–H and O–H groups in total. The number of nitrogens with two attached hydrogens (primary N) is 1. The molecule has 0 atom stereocenters. The van der Waals surface area contributed by atoms with Crippen LogP contribution in [0.1, 0.15) is 37.8 Å². The molecule has 1 aromatic rings. The zero-order valence-electron chi connectivity index (χ0n) is 12.7. The van der Waals surface area contributed by atoms with Gasteiger partial charge in [0.15, 0.2) is 0 Å². The first-order valence-corrected chi connectivity index (χ1v) is 6.81. The minimum Gasteiger partial charge on any atom is -0.355 e. The Bertz CT molecular complexity index is 490. The van der Waals surface area contributed by atoms with E-state index in [1.54, 1.807) is 19.9 Å². The van der Waals surface area contributed by atoms with Crippen molar-refractivity contribution >= 4 is 18.3 Å². The molecule has 126 valence electrons. The van der Waals surface area contributed by atoms with E-state index in [-0.39, 0.29) is 24.9 Å². The van der Waals surface area contributed by atoms with E-state index in [1.807, 2.05) is 0 Å². The van der Waals surface area contributed by atoms with E-state index in [9.17, 15) is 18.0 Å². The van der Waals surface area contributed by atoms with E-state index < -0.39 is 17.2 Å². The van der Waals surface area contributed by atoms with Crippen LogP contribution in [-0.4, -0.2) is 19.0 Å². The molecule has 0 unspecified atom stereocenters. The second kappa shape index (κ2) is 8.39. The molecule has 22 heavy (non-hydrogen) atoms. The fraction of sp³-hybridized carbons (Fsp3) is 0.533. The first-order chi connectivity index (χ1) is 9.66. The summed E-state index contributed by atoms with van der Waals surface area (Å²) < 4.78 is 38.2. The van der Waals surface area contributed by atoms with E-state index in [4.69, 9.17) is 5.73 Å². The third-order valence-corrected chi connectivity index (χ3v) is 3.31. The number of rotatable bonds is 6. The Labute approximate surface area is 134 Å². The Kier molecular flexibility index (Phi) is 7.90. The lowest BCUT2D eigenvalue weighted by Gasteiger charge is -2.26. The van der Waals surface area contributed by atoms with Gasteiger partial charge in [0.25, 0.3) is 0 Å². The highest BCUT2D eigenvalue weighted by molar-refractivity contribution is 5.85. The number of halogens is 4. The summed E-state index contributed by atoms with van der Waals surface area (Å²) in [5, 5.41) is 2.74. The highest BCUT2D eigenvalue weighted by atomic mass is 35.5. The van der Waals surface area contributed by atoms with E-state index in [0.29, 0.717) is 24.9 Å². The molecule has 0 aromatic heterocycles. The van der Waals surface area contributed by atoms with Gasteiger partial charge >= 0.3 is 6.18 Å². The minimum absolute atomic E-state index is 0. The van der Waals surface area contributed by atoms with Crippen molar-refractivity contribution in [1.82, 2.24) is 5.32 Å². The third kappa shape index (κ3) is 6.23. The molecule has 0 aliphatic heterocycles. The zero-order chi connectivity index (χ0) is 16.1. The van der Waals surface area contributed by atoms with Crippen molar-refractivity contribution < 1.29 is 18.0 Å². The van der Waals surface area contributed by atoms with Gasteiger partial charge in [-0.15, -0.1) is 12.4 Å². The van der Waals surface area contributed by atoms with Crippen LogP contribution >= 0.6 is 12.4 Å². The van der Waals surface area contributed by atoms with Crippen LogP contribution < -0.4 is 11.1 Å². The molecule has 1 aromatic carbocycles. The van der Waals surface area contributed by atoms with Crippen molar-refractivity contribution in [1.29, 1.82) is 0 Å². The number of amides is 1. The Morgan fingerprint density at radius 2 is 1.82 bits per heavy atom. The average molecular weight is 339 g/mol. The van der Waals surface area contributed by atoms with Gasteiger partial charge in [-0.25, -0.2) is 0 Å². The van der Waals surface area contributed by atoms with Crippen molar-refractivity contribution in [3.63, 3.8) is 0 Å². The minimum atomic E-state index is -4.36. The number of carbonyl (C=O) groups is 1. The number of alkyl halides is 3. The lowest BCUT2D eigenvalue weighted by Crippen LogP contribution is -2.36. The molecular weight excluding hydrogens is 317 g/mol. The van der Waals surface area contributed by atoms with Gasteiger partial charge in [-0.3, -0.25) is 4.79 Å². The SMILES string of the molecule is CC(C)(CNC(=O)CCCN)c1cccc(C(F)(F)F)c1.Cl. The highest BCUT2D eigenvalue weighted by Gasteiger charge is 2.32. The molecule has 1 rings (SSSR count). The first-order valence-electron chi connectivity index (χ1n) is 6.81. The van der Waals surface area contributed by atoms with Crippen molar-refractivity contribution in [2.75, 3.05) is 13.1 Å². The number of hydrogen-bond donors (Lipinski definition) is 2. The van der Waals surface area contributed by atoms with E-state index in [1.165, 1.54) is 6.07 Å². The predicted molar refractivity (Wildman–Crippen MR) is 83.0 cm³/mol. The van der Waals surface area contributed by atoms with Gasteiger partial charge in [-0.05, 0) is 24.6 Å². The Balaban J connectivity index is 0.00000441. The summed E-state index contributed by atoms with van der Waals surface area (Å²) in [6, 6.07) is 5.20. The van der Waals surface area contributed by atoms with Gasteiger partial charge in [-0.2, -0.15) is 13.2 Å². The van der Waals surface area contributed by atoms with Crippen molar-refractivity contribution in [3.05, 3.63) is 35.4 Å². The molecule has 7 heteroatoms. The van der Waals surface area contributed by atoms with Gasteiger partial charge in [0, 0.05) is 18.4 Å². The van der Waals surface area contributed by atoms with Crippen molar-refractivity contribution in [3.8, 4) is 0 Å². The molecule has 0 spiro atoms. The highest BCUT2D eigenvalue weighted by Crippen LogP contribution is 2.32. The molecule has 0 radical (unpaired) electrons. The second-order valence-electron chi connectivity index (χ2n) is 5.63. The summed E-state index contributed by atoms with van der Waals surface area (Å²) >= 11 is 0. The van der Waals surface area contributed by atoms with Crippen LogP contribution in [-0.2, 0) is 16.4 Å². The monoisotopic (exact) mass is 338 g/mol. The lowest BCUT2D eigenvalue weighted by molar-refractivity contribution is -0.137. The topological polar surface area (TPSA) is 55.1 Å². The maximum atomic E-state index is 12.7. The summed E-state index contributed by atoms with van der Waals surface area (Å²) in [5.74, 6) is -0.138. The molecule has 0 aliphatic carbocycles. The summed E-state index contributed by atoms with van der Waals surface area (Å²) in [5.41, 5.74) is 4.60. The maximum absolute atomic E-state index is 12.7. The van der Waals surface area contributed by atoms with Gasteiger partial charge in [-0.1, -0.05) is 32.0 Å². The molecule has 3 nitrogen and oxygen atoms in total. The summed E-state index contributed by atoms with van der Waals surface area (Å²) in [6.45, 7) is 4.31. The van der Waals surface area contributed by atoms with Crippen LogP contribution in [0.2, 0.25) is 0 Å². The lowest BCUT2D eigenvalue weighted by atomic mass is 9.83. The number of carbonyl (C=O) groups excluding carboxylic acids is 1. The average Bonchev–Trinajstić information content (AvgIpc) is 2.42. The van der Waals surface area contributed by atoms with E-state index >= 15 is 0 Å². The molecule has 0 aliphatic rings. The van der Waals surface area contributed by atoms with Crippen molar-refractivity contribution in [2.45, 2.75) is 38.3 Å². The summed E-state index contributed by atoms with van der Waals surface area (Å²) in [4.78, 5) is 11.6. The van der Waals surface area contributed by atoms with Crippen LogP contribution in [0.15, 0.2) is 24.3 Å². The van der Waals surface area contributed by atoms with Crippen LogP contribution in [0.25, 0.3) is 0 Å². The molecule has 1 amide bonds. The molecule has 0 saturated heterocycles. The van der Waals surface area contributed by atoms with Gasteiger partial charge < -0.3 is 11.1 Å². The quantitative estimate of drug-likeness (QED) is 0.836. The first kappa shape index (κ1) is 20.7. The standard InChI is InChI=1S/C15H21F3N2O.ClH/c1-14(2,10-20-13(21)7-4-8-19)11-5-3-6-12(9-11)15(16,17)18;/h3,5-6,9H,4,7-8,10,19H2,1-2H3,(H,20,21);1H. The predicted octanol–water partition coefficient (Wildman–Crippen LogP) is 3.26. The Morgan fingerprint density at radius 3 is 2.36 bits per heavy atom. The molecule has 0 fully saturated rings. The number of benzene rings is 1. The third-order valence-electron chi connectivity index (χ3n) is 3.31. The molecular formula is C15H22ClF3N2O. The molecule has 0 saturated carbocycles. The van der Waals surface area contributed by atoms with Crippen molar-refractivity contribution in [2.24, 2.45) is 5.73 Å². The van der Waals surface area contributed by atoms with Gasteiger partial charge in [0.05, 0.1) is 5.56 Å². The summed E-state index contributed by atoms with van der Waals surface area (Å²) in [7, 11) is 0. The van der Waals surface area contributed by atoms with Gasteiger partial charge in [0.2, 0.25) is 5.91 Å². The fourth-order valence-electron chi connectivity index (χ4n) is 1.89. The van der Waals surface area contributed by atoms with E-state index in [0.717, 1.165) is 12.1 Å². The normalized spacial score (nSPS) is 11.7. The molecule has 0 heterocycles. The van der Waals surface area contributed by atoms with E-state index in [2.05, 4.69) is 5.32 Å². The zero-order valence-corrected chi connectivity index (χ0v) is 13.5. The van der Waals surface area contributed by atoms with Crippen LogP contribution in [0.4, 0.5) is 13.2 Å². The Hall–Kier alpha value is -1.27. The largest absolute Gasteiger partial charge is 0.416 e. The number of hydrogen-bond acceptors (Lipinski definition) is 2. The Morgan fingerprint density at radius 1 is 1.23 bits per heavy atom. The van der Waals surface area contributed by atoms with Crippen LogP contribution in [0, 0.1) is 0 Å².